The van der Waals surface area contributed by atoms with Crippen molar-refractivity contribution < 1.29 is 59.4 Å². The zero-order valence-electron chi connectivity index (χ0n) is 24.9. The SMILES string of the molecule is CC(O)[CH-]C(C)O.CC(O)[CH-]C(C)O.C[c-]1[c-](C)[c-](C)[c-](C)[c-]1C.Cc1c(C)c(C)[c-](C)c1C.[Rh].[Rh]. The molecule has 2 radical (unpaired) electrons. The van der Waals surface area contributed by atoms with Gasteiger partial charge in [-0.15, -0.1) is 0 Å². The van der Waals surface area contributed by atoms with Crippen molar-refractivity contribution in [2.45, 2.75) is 121 Å². The van der Waals surface area contributed by atoms with Gasteiger partial charge < -0.3 is 48.2 Å². The molecule has 2 aromatic rings. The van der Waals surface area contributed by atoms with Gasteiger partial charge in [0.1, 0.15) is 0 Å². The van der Waals surface area contributed by atoms with Crippen LogP contribution in [0.5, 0.6) is 0 Å². The molecule has 4 atom stereocenters. The summed E-state index contributed by atoms with van der Waals surface area (Å²) in [5.74, 6) is 0. The molecule has 4 unspecified atom stereocenters. The predicted molar refractivity (Wildman–Crippen MR) is 147 cm³/mol. The summed E-state index contributed by atoms with van der Waals surface area (Å²) in [7, 11) is 0. The average molecular weight is 683 g/mol. The summed E-state index contributed by atoms with van der Waals surface area (Å²) < 4.78 is 0. The molecule has 0 aliphatic heterocycles. The molecular formula is C30H52O4Rh2-8. The largest absolute Gasteiger partial charge is 0.731 e. The number of hydrogen-bond acceptors (Lipinski definition) is 4. The van der Waals surface area contributed by atoms with Gasteiger partial charge in [0.2, 0.25) is 0 Å². The van der Waals surface area contributed by atoms with Crippen LogP contribution in [-0.4, -0.2) is 44.8 Å². The van der Waals surface area contributed by atoms with Gasteiger partial charge >= 0.3 is 0 Å². The second-order valence-corrected chi connectivity index (χ2v) is 9.60. The molecule has 36 heavy (non-hydrogen) atoms. The van der Waals surface area contributed by atoms with E-state index >= 15 is 0 Å². The van der Waals surface area contributed by atoms with Crippen LogP contribution in [0, 0.1) is 82.1 Å². The third-order valence-electron chi connectivity index (χ3n) is 6.74. The van der Waals surface area contributed by atoms with Crippen LogP contribution >= 0.6 is 0 Å². The molecule has 222 valence electrons. The molecule has 2 aromatic carbocycles. The van der Waals surface area contributed by atoms with Crippen molar-refractivity contribution in [3.8, 4) is 0 Å². The van der Waals surface area contributed by atoms with Crippen molar-refractivity contribution in [2.24, 2.45) is 0 Å². The summed E-state index contributed by atoms with van der Waals surface area (Å²) in [6, 6.07) is 0. The summed E-state index contributed by atoms with van der Waals surface area (Å²) in [5, 5.41) is 34.0. The molecule has 2 rings (SSSR count). The van der Waals surface area contributed by atoms with Gasteiger partial charge in [0.05, 0.1) is 0 Å². The molecule has 0 fully saturated rings. The van der Waals surface area contributed by atoms with Gasteiger partial charge in [0, 0.05) is 39.0 Å². The Bertz CT molecular complexity index is 601. The fourth-order valence-corrected chi connectivity index (χ4v) is 3.62. The molecule has 0 aliphatic rings. The van der Waals surface area contributed by atoms with E-state index < -0.39 is 24.4 Å². The fraction of sp³-hybridized carbons (Fsp3) is 0.600. The van der Waals surface area contributed by atoms with Crippen LogP contribution in [0.1, 0.15) is 83.3 Å². The molecular weight excluding hydrogens is 630 g/mol. The first kappa shape index (κ1) is 42.9. The van der Waals surface area contributed by atoms with Crippen molar-refractivity contribution in [1.82, 2.24) is 0 Å². The number of hydrogen-bond donors (Lipinski definition) is 4. The number of aliphatic hydroxyl groups excluding tert-OH is 4. The van der Waals surface area contributed by atoms with Crippen LogP contribution in [0.3, 0.4) is 0 Å². The van der Waals surface area contributed by atoms with Gasteiger partial charge in [-0.3, -0.25) is 12.8 Å². The standard InChI is InChI=1S/2C10H15.2C5H11O2.2Rh/c2*1-6-7(2)9(4)10(5)8(6)3;2*1-4(6)3-5(2)7;;/h2*1-5H3;2*3-7H,1-2H3;;/q-5;3*-1;;. The minimum atomic E-state index is -0.500. The molecule has 0 saturated heterocycles. The van der Waals surface area contributed by atoms with Crippen molar-refractivity contribution in [3.05, 3.63) is 68.5 Å². The van der Waals surface area contributed by atoms with Gasteiger partial charge in [-0.1, -0.05) is 86.7 Å². The summed E-state index contributed by atoms with van der Waals surface area (Å²) in [5.41, 5.74) is 14.7. The van der Waals surface area contributed by atoms with Crippen molar-refractivity contribution in [3.63, 3.8) is 0 Å². The van der Waals surface area contributed by atoms with Gasteiger partial charge in [0.15, 0.2) is 0 Å². The number of aliphatic hydroxyl groups is 4. The Labute approximate surface area is 248 Å². The Hall–Kier alpha value is -0.213. The quantitative estimate of drug-likeness (QED) is 0.243. The monoisotopic (exact) mass is 682 g/mol. The summed E-state index contributed by atoms with van der Waals surface area (Å²) in [4.78, 5) is 0. The van der Waals surface area contributed by atoms with E-state index in [-0.39, 0.29) is 39.0 Å². The topological polar surface area (TPSA) is 80.9 Å². The van der Waals surface area contributed by atoms with E-state index in [0.717, 1.165) is 0 Å². The second kappa shape index (κ2) is 20.7. The Morgan fingerprint density at radius 1 is 0.472 bits per heavy atom. The van der Waals surface area contributed by atoms with Gasteiger partial charge in [-0.2, -0.15) is 27.8 Å². The maximum atomic E-state index is 8.51. The van der Waals surface area contributed by atoms with Crippen LogP contribution in [-0.2, 0) is 39.0 Å². The van der Waals surface area contributed by atoms with Crippen LogP contribution in [0.2, 0.25) is 0 Å². The normalized spacial score (nSPS) is 13.2. The van der Waals surface area contributed by atoms with Crippen LogP contribution in [0.15, 0.2) is 0 Å². The van der Waals surface area contributed by atoms with E-state index in [1.54, 1.807) is 27.7 Å². The summed E-state index contributed by atoms with van der Waals surface area (Å²) in [6.07, 6.45) is 0.889. The van der Waals surface area contributed by atoms with Crippen LogP contribution in [0.25, 0.3) is 0 Å². The molecule has 6 heteroatoms. The summed E-state index contributed by atoms with van der Waals surface area (Å²) in [6.45, 7) is 28.4. The first-order valence-corrected chi connectivity index (χ1v) is 12.2. The zero-order valence-corrected chi connectivity index (χ0v) is 28.2. The van der Waals surface area contributed by atoms with E-state index in [1.807, 2.05) is 0 Å². The molecule has 0 amide bonds. The van der Waals surface area contributed by atoms with E-state index in [0.29, 0.717) is 0 Å². The number of rotatable bonds is 4. The smallest absolute Gasteiger partial charge is 0 e. The fourth-order valence-electron chi connectivity index (χ4n) is 3.62. The zero-order chi connectivity index (χ0) is 27.5. The first-order chi connectivity index (χ1) is 15.4. The summed E-state index contributed by atoms with van der Waals surface area (Å²) >= 11 is 0. The minimum absolute atomic E-state index is 0. The van der Waals surface area contributed by atoms with Gasteiger partial charge in [0.25, 0.3) is 0 Å². The average Bonchev–Trinajstić information content (AvgIpc) is 2.97. The predicted octanol–water partition coefficient (Wildman–Crippen LogP) is 5.79. The maximum Gasteiger partial charge on any atom is 0 e. The Morgan fingerprint density at radius 2 is 0.639 bits per heavy atom. The van der Waals surface area contributed by atoms with E-state index in [2.05, 4.69) is 69.2 Å². The third-order valence-corrected chi connectivity index (χ3v) is 6.74. The van der Waals surface area contributed by atoms with Gasteiger partial charge in [-0.05, 0) is 0 Å². The van der Waals surface area contributed by atoms with E-state index in [4.69, 9.17) is 20.4 Å². The maximum absolute atomic E-state index is 8.51. The van der Waals surface area contributed by atoms with Crippen LogP contribution < -0.4 is 0 Å². The molecule has 0 spiro atoms. The Balaban J connectivity index is -0.000000189. The third kappa shape index (κ3) is 15.9. The van der Waals surface area contributed by atoms with Crippen LogP contribution in [0.4, 0.5) is 0 Å². The molecule has 0 aliphatic carbocycles. The van der Waals surface area contributed by atoms with Crippen molar-refractivity contribution in [1.29, 1.82) is 0 Å². The minimum Gasteiger partial charge on any atom is -0.731 e. The molecule has 0 saturated carbocycles. The molecule has 0 aromatic heterocycles. The van der Waals surface area contributed by atoms with Crippen molar-refractivity contribution >= 4 is 0 Å². The molecule has 0 bridgehead atoms. The van der Waals surface area contributed by atoms with Crippen molar-refractivity contribution in [2.75, 3.05) is 0 Å². The first-order valence-electron chi connectivity index (χ1n) is 12.2. The Kier molecular flexibility index (Phi) is 24.7. The second-order valence-electron chi connectivity index (χ2n) is 9.60. The molecule has 4 nitrogen and oxygen atoms in total. The molecule has 4 N–H and O–H groups in total. The molecule has 0 heterocycles. The van der Waals surface area contributed by atoms with E-state index in [9.17, 15) is 0 Å². The Morgan fingerprint density at radius 3 is 0.694 bits per heavy atom. The van der Waals surface area contributed by atoms with Gasteiger partial charge in [-0.25, -0.2) is 34.6 Å². The van der Waals surface area contributed by atoms with E-state index in [1.165, 1.54) is 68.5 Å².